The largest absolute Gasteiger partial charge is 0.383 e. The highest BCUT2D eigenvalue weighted by Gasteiger charge is 2.31. The van der Waals surface area contributed by atoms with Crippen LogP contribution in [0.3, 0.4) is 0 Å². The molecule has 1 unspecified atom stereocenters. The van der Waals surface area contributed by atoms with Crippen molar-refractivity contribution < 1.29 is 4.74 Å². The van der Waals surface area contributed by atoms with Crippen LogP contribution in [0.1, 0.15) is 37.9 Å². The number of nitrogens with zero attached hydrogens (tertiary/aromatic N) is 3. The maximum Gasteiger partial charge on any atom is 0.103 e. The van der Waals surface area contributed by atoms with Crippen LogP contribution in [-0.2, 0) is 4.74 Å². The van der Waals surface area contributed by atoms with Gasteiger partial charge >= 0.3 is 0 Å². The highest BCUT2D eigenvalue weighted by atomic mass is 35.5. The predicted octanol–water partition coefficient (Wildman–Crippen LogP) is 5.59. The van der Waals surface area contributed by atoms with Gasteiger partial charge in [-0.25, -0.2) is 0 Å². The number of hydrogen-bond donors (Lipinski definition) is 4. The predicted molar refractivity (Wildman–Crippen MR) is 148 cm³/mol. The molecule has 2 aliphatic heterocycles. The molecule has 0 aliphatic carbocycles. The molecular formula is C27H29Cl2N7O. The number of hydrogen-bond acceptors (Lipinski definition) is 8. The van der Waals surface area contributed by atoms with E-state index in [1.165, 1.54) is 0 Å². The minimum absolute atomic E-state index is 0.0160. The van der Waals surface area contributed by atoms with Gasteiger partial charge in [0.2, 0.25) is 0 Å². The van der Waals surface area contributed by atoms with Crippen molar-refractivity contribution in [3.05, 3.63) is 75.7 Å². The third-order valence-electron chi connectivity index (χ3n) is 6.30. The Morgan fingerprint density at radius 3 is 2.68 bits per heavy atom. The van der Waals surface area contributed by atoms with Crippen LogP contribution in [0, 0.1) is 16.7 Å². The minimum atomic E-state index is -0.307. The summed E-state index contributed by atoms with van der Waals surface area (Å²) in [5, 5.41) is 20.8. The summed E-state index contributed by atoms with van der Waals surface area (Å²) in [7, 11) is 0. The molecule has 8 nitrogen and oxygen atoms in total. The summed E-state index contributed by atoms with van der Waals surface area (Å²) >= 11 is 13.4. The Morgan fingerprint density at radius 1 is 1.22 bits per heavy atom. The van der Waals surface area contributed by atoms with Crippen molar-refractivity contribution in [2.75, 3.05) is 30.4 Å². The van der Waals surface area contributed by atoms with Crippen LogP contribution in [0.15, 0.2) is 54.5 Å². The molecule has 2 aromatic carbocycles. The van der Waals surface area contributed by atoms with Crippen molar-refractivity contribution in [2.45, 2.75) is 32.9 Å². The van der Waals surface area contributed by atoms with Gasteiger partial charge in [0.1, 0.15) is 6.07 Å². The van der Waals surface area contributed by atoms with E-state index in [0.29, 0.717) is 40.9 Å². The van der Waals surface area contributed by atoms with Crippen molar-refractivity contribution in [1.82, 2.24) is 21.0 Å². The van der Waals surface area contributed by atoms with Crippen molar-refractivity contribution in [3.8, 4) is 6.07 Å². The lowest BCUT2D eigenvalue weighted by Crippen LogP contribution is -2.52. The molecule has 0 bridgehead atoms. The molecule has 1 atom stereocenters. The van der Waals surface area contributed by atoms with Gasteiger partial charge in [-0.3, -0.25) is 9.99 Å². The molecule has 37 heavy (non-hydrogen) atoms. The van der Waals surface area contributed by atoms with Gasteiger partial charge in [0.05, 0.1) is 52.8 Å². The summed E-state index contributed by atoms with van der Waals surface area (Å²) in [6.07, 6.45) is 3.60. The Balaban J connectivity index is 1.56. The topological polar surface area (TPSA) is 97.3 Å². The number of halogens is 2. The molecule has 0 radical (unpaired) electrons. The molecule has 4 N–H and O–H groups in total. The Labute approximate surface area is 226 Å². The molecule has 5 rings (SSSR count). The molecule has 0 spiro atoms. The van der Waals surface area contributed by atoms with Crippen LogP contribution in [0.2, 0.25) is 10.0 Å². The van der Waals surface area contributed by atoms with Crippen LogP contribution in [0.5, 0.6) is 0 Å². The number of benzene rings is 2. The molecule has 0 saturated carbocycles. The zero-order valence-electron chi connectivity index (χ0n) is 20.9. The number of rotatable bonds is 7. The van der Waals surface area contributed by atoms with Crippen LogP contribution >= 0.6 is 23.2 Å². The Hall–Kier alpha value is -3.22. The van der Waals surface area contributed by atoms with Crippen molar-refractivity contribution in [2.24, 2.45) is 5.41 Å². The molecule has 1 saturated heterocycles. The summed E-state index contributed by atoms with van der Waals surface area (Å²) in [4.78, 5) is 4.48. The maximum atomic E-state index is 9.78. The third-order valence-corrected chi connectivity index (χ3v) is 6.93. The van der Waals surface area contributed by atoms with Crippen molar-refractivity contribution in [1.29, 1.82) is 5.26 Å². The summed E-state index contributed by atoms with van der Waals surface area (Å²) < 4.78 is 5.34. The lowest BCUT2D eigenvalue weighted by atomic mass is 9.96. The molecule has 3 heterocycles. The van der Waals surface area contributed by atoms with E-state index in [4.69, 9.17) is 27.9 Å². The maximum absolute atomic E-state index is 9.78. The zero-order chi connectivity index (χ0) is 26.2. The second-order valence-electron chi connectivity index (χ2n) is 10.4. The van der Waals surface area contributed by atoms with E-state index in [9.17, 15) is 5.26 Å². The quantitative estimate of drug-likeness (QED) is 0.309. The number of anilines is 2. The van der Waals surface area contributed by atoms with E-state index in [0.717, 1.165) is 28.0 Å². The molecular weight excluding hydrogens is 509 g/mol. The molecule has 3 aromatic rings. The zero-order valence-corrected chi connectivity index (χ0v) is 22.4. The smallest absolute Gasteiger partial charge is 0.103 e. The highest BCUT2D eigenvalue weighted by Crippen LogP contribution is 2.37. The highest BCUT2D eigenvalue weighted by molar-refractivity contribution is 6.36. The average molecular weight is 538 g/mol. The van der Waals surface area contributed by atoms with Crippen LogP contribution in [0.4, 0.5) is 11.4 Å². The Bertz CT molecular complexity index is 1390. The van der Waals surface area contributed by atoms with Crippen molar-refractivity contribution in [3.63, 3.8) is 0 Å². The average Bonchev–Trinajstić information content (AvgIpc) is 3.29. The SMILES string of the molecule is CC(C)(C)CNc1c(C#N)cnc2c(Cl)cc(NC(C3=CN(C4COC4)NN3)c3ccccc3Cl)cc12. The number of ether oxygens (including phenoxy) is 1. The van der Waals surface area contributed by atoms with Gasteiger partial charge in [-0.1, -0.05) is 62.2 Å². The lowest BCUT2D eigenvalue weighted by molar-refractivity contribution is -0.0635. The molecule has 10 heteroatoms. The van der Waals surface area contributed by atoms with Crippen molar-refractivity contribution >= 4 is 45.5 Å². The lowest BCUT2D eigenvalue weighted by Gasteiger charge is -2.33. The van der Waals surface area contributed by atoms with Gasteiger partial charge in [-0.15, -0.1) is 5.53 Å². The van der Waals surface area contributed by atoms with E-state index < -0.39 is 0 Å². The van der Waals surface area contributed by atoms with E-state index in [-0.39, 0.29) is 17.5 Å². The minimum Gasteiger partial charge on any atom is -0.383 e. The molecule has 0 amide bonds. The first-order valence-corrected chi connectivity index (χ1v) is 12.9. The molecule has 1 aromatic heterocycles. The van der Waals surface area contributed by atoms with Gasteiger partial charge in [0, 0.05) is 35.0 Å². The molecule has 1 fully saturated rings. The van der Waals surface area contributed by atoms with E-state index >= 15 is 0 Å². The number of nitriles is 1. The summed E-state index contributed by atoms with van der Waals surface area (Å²) in [5.41, 5.74) is 10.9. The van der Waals surface area contributed by atoms with E-state index in [1.54, 1.807) is 6.20 Å². The Kier molecular flexibility index (Phi) is 7.06. The van der Waals surface area contributed by atoms with Crippen LogP contribution in [-0.4, -0.2) is 35.8 Å². The van der Waals surface area contributed by atoms with E-state index in [1.807, 2.05) is 47.6 Å². The fourth-order valence-electron chi connectivity index (χ4n) is 4.24. The first-order chi connectivity index (χ1) is 17.7. The fourth-order valence-corrected chi connectivity index (χ4v) is 4.75. The van der Waals surface area contributed by atoms with Gasteiger partial charge < -0.3 is 20.8 Å². The number of hydrazine groups is 2. The first kappa shape index (κ1) is 25.4. The normalized spacial score (nSPS) is 16.5. The summed E-state index contributed by atoms with van der Waals surface area (Å²) in [6.45, 7) is 8.43. The number of aromatic nitrogens is 1. The Morgan fingerprint density at radius 2 is 2.00 bits per heavy atom. The molecule has 192 valence electrons. The second-order valence-corrected chi connectivity index (χ2v) is 11.3. The van der Waals surface area contributed by atoms with Gasteiger partial charge in [-0.05, 0) is 29.2 Å². The van der Waals surface area contributed by atoms with Crippen LogP contribution in [0.25, 0.3) is 10.9 Å². The third kappa shape index (κ3) is 5.41. The fraction of sp³-hybridized carbons (Fsp3) is 0.333. The standard InChI is InChI=1S/C27H29Cl2N7O/c1-27(2,3)15-32-24-16(10-30)11-31-25-20(24)8-17(9-22(25)29)33-26(19-6-4-5-7-21(19)28)23-12-36(35-34-23)18-13-37-14-18/h4-9,11-12,18,26,33-35H,13-15H2,1-3H3,(H,31,32). The van der Waals surface area contributed by atoms with Gasteiger partial charge in [0.15, 0.2) is 0 Å². The number of nitrogens with one attached hydrogen (secondary N) is 4. The van der Waals surface area contributed by atoms with Crippen LogP contribution < -0.4 is 21.6 Å². The molecule has 2 aliphatic rings. The summed E-state index contributed by atoms with van der Waals surface area (Å²) in [6, 6.07) is 13.8. The number of pyridine rings is 1. The second kappa shape index (κ2) is 10.3. The number of fused-ring (bicyclic) bond motifs is 1. The first-order valence-electron chi connectivity index (χ1n) is 12.1. The van der Waals surface area contributed by atoms with Gasteiger partial charge in [0.25, 0.3) is 0 Å². The summed E-state index contributed by atoms with van der Waals surface area (Å²) in [5.74, 6) is 0. The monoisotopic (exact) mass is 537 g/mol. The van der Waals surface area contributed by atoms with Gasteiger partial charge in [-0.2, -0.15) is 5.26 Å². The van der Waals surface area contributed by atoms with E-state index in [2.05, 4.69) is 53.4 Å².